The maximum absolute atomic E-state index is 9.02. The van der Waals surface area contributed by atoms with Crippen molar-refractivity contribution in [1.29, 1.82) is 5.26 Å². The van der Waals surface area contributed by atoms with E-state index < -0.39 is 0 Å². The summed E-state index contributed by atoms with van der Waals surface area (Å²) in [5, 5.41) is 15.7. The molecule has 4 heteroatoms. The van der Waals surface area contributed by atoms with Crippen molar-refractivity contribution in [3.05, 3.63) is 28.2 Å². The first-order chi connectivity index (χ1) is 7.81. The lowest BCUT2D eigenvalue weighted by molar-refractivity contribution is 0.701. The topological polar surface area (TPSA) is 47.9 Å². The van der Waals surface area contributed by atoms with Gasteiger partial charge in [0.25, 0.3) is 0 Å². The molecule has 0 atom stereocenters. The Morgan fingerprint density at radius 1 is 1.38 bits per heavy atom. The van der Waals surface area contributed by atoms with Crippen molar-refractivity contribution in [3.8, 4) is 6.07 Å². The number of nitrogens with one attached hydrogen (secondary N) is 2. The van der Waals surface area contributed by atoms with E-state index in [-0.39, 0.29) is 0 Å². The smallest absolute Gasteiger partial charge is 0.103 e. The Morgan fingerprint density at radius 2 is 2.19 bits per heavy atom. The van der Waals surface area contributed by atoms with Crippen LogP contribution >= 0.6 is 15.9 Å². The first-order valence-electron chi connectivity index (χ1n) is 5.47. The Balaban J connectivity index is 1.87. The third kappa shape index (κ3) is 2.97. The zero-order valence-corrected chi connectivity index (χ0v) is 10.5. The molecule has 1 aromatic rings. The van der Waals surface area contributed by atoms with Gasteiger partial charge in [-0.25, -0.2) is 0 Å². The molecular weight excluding hydrogens is 266 g/mol. The summed E-state index contributed by atoms with van der Waals surface area (Å²) in [5.74, 6) is 0. The SMILES string of the molecule is N#Cc1c(Br)cccc1NCCNC1CC1. The highest BCUT2D eigenvalue weighted by Gasteiger charge is 2.19. The van der Waals surface area contributed by atoms with Crippen molar-refractivity contribution in [3.63, 3.8) is 0 Å². The van der Waals surface area contributed by atoms with E-state index in [4.69, 9.17) is 5.26 Å². The summed E-state index contributed by atoms with van der Waals surface area (Å²) in [4.78, 5) is 0. The molecule has 2 rings (SSSR count). The molecule has 0 spiro atoms. The molecule has 3 nitrogen and oxygen atoms in total. The van der Waals surface area contributed by atoms with Gasteiger partial charge in [-0.15, -0.1) is 0 Å². The number of rotatable bonds is 5. The highest BCUT2D eigenvalue weighted by Crippen LogP contribution is 2.23. The van der Waals surface area contributed by atoms with E-state index in [1.54, 1.807) is 0 Å². The summed E-state index contributed by atoms with van der Waals surface area (Å²) < 4.78 is 0.843. The van der Waals surface area contributed by atoms with Gasteiger partial charge in [-0.3, -0.25) is 0 Å². The largest absolute Gasteiger partial charge is 0.383 e. The minimum Gasteiger partial charge on any atom is -0.383 e. The molecule has 0 amide bonds. The fraction of sp³-hybridized carbons (Fsp3) is 0.417. The van der Waals surface area contributed by atoms with Crippen LogP contribution in [0.4, 0.5) is 5.69 Å². The molecule has 84 valence electrons. The van der Waals surface area contributed by atoms with E-state index in [1.165, 1.54) is 12.8 Å². The van der Waals surface area contributed by atoms with E-state index in [0.717, 1.165) is 29.3 Å². The van der Waals surface area contributed by atoms with Crippen LogP contribution in [0.2, 0.25) is 0 Å². The standard InChI is InChI=1S/C12H14BrN3/c13-11-2-1-3-12(10(11)8-14)16-7-6-15-9-4-5-9/h1-3,9,15-16H,4-7H2. The van der Waals surface area contributed by atoms with Crippen molar-refractivity contribution in [2.24, 2.45) is 0 Å². The number of nitrogens with zero attached hydrogens (tertiary/aromatic N) is 1. The first-order valence-corrected chi connectivity index (χ1v) is 6.26. The van der Waals surface area contributed by atoms with Crippen LogP contribution in [0, 0.1) is 11.3 Å². The zero-order valence-electron chi connectivity index (χ0n) is 8.96. The van der Waals surface area contributed by atoms with Gasteiger partial charge in [-0.1, -0.05) is 6.07 Å². The third-order valence-corrected chi connectivity index (χ3v) is 3.24. The summed E-state index contributed by atoms with van der Waals surface area (Å²) in [5.41, 5.74) is 1.57. The Kier molecular flexibility index (Phi) is 3.81. The number of hydrogen-bond donors (Lipinski definition) is 2. The monoisotopic (exact) mass is 279 g/mol. The molecule has 0 radical (unpaired) electrons. The Hall–Kier alpha value is -1.05. The number of anilines is 1. The van der Waals surface area contributed by atoms with Gasteiger partial charge in [0.2, 0.25) is 0 Å². The Labute approximate surface area is 104 Å². The third-order valence-electron chi connectivity index (χ3n) is 2.58. The minimum atomic E-state index is 0.675. The second kappa shape index (κ2) is 5.33. The summed E-state index contributed by atoms with van der Waals surface area (Å²) in [6.45, 7) is 1.80. The van der Waals surface area contributed by atoms with Crippen LogP contribution in [0.15, 0.2) is 22.7 Å². The van der Waals surface area contributed by atoms with E-state index in [1.807, 2.05) is 18.2 Å². The lowest BCUT2D eigenvalue weighted by Crippen LogP contribution is -2.24. The van der Waals surface area contributed by atoms with Gasteiger partial charge in [-0.2, -0.15) is 5.26 Å². The molecule has 1 aromatic carbocycles. The molecule has 0 aliphatic heterocycles. The minimum absolute atomic E-state index is 0.675. The quantitative estimate of drug-likeness (QED) is 0.815. The van der Waals surface area contributed by atoms with Crippen LogP contribution < -0.4 is 10.6 Å². The number of benzene rings is 1. The number of nitriles is 1. The highest BCUT2D eigenvalue weighted by molar-refractivity contribution is 9.10. The van der Waals surface area contributed by atoms with Crippen LogP contribution in [-0.2, 0) is 0 Å². The van der Waals surface area contributed by atoms with Gasteiger partial charge in [0.1, 0.15) is 6.07 Å². The molecule has 0 saturated heterocycles. The molecule has 1 aliphatic rings. The van der Waals surface area contributed by atoms with Crippen molar-refractivity contribution >= 4 is 21.6 Å². The fourth-order valence-corrected chi connectivity index (χ4v) is 2.00. The lowest BCUT2D eigenvalue weighted by atomic mass is 10.2. The normalized spacial score (nSPS) is 14.5. The van der Waals surface area contributed by atoms with Crippen molar-refractivity contribution in [2.75, 3.05) is 18.4 Å². The number of hydrogen-bond acceptors (Lipinski definition) is 3. The molecule has 0 aromatic heterocycles. The van der Waals surface area contributed by atoms with Gasteiger partial charge in [0.05, 0.1) is 11.3 Å². The first kappa shape index (κ1) is 11.4. The fourth-order valence-electron chi connectivity index (χ4n) is 1.55. The van der Waals surface area contributed by atoms with Crippen molar-refractivity contribution in [2.45, 2.75) is 18.9 Å². The van der Waals surface area contributed by atoms with Crippen LogP contribution in [-0.4, -0.2) is 19.1 Å². The van der Waals surface area contributed by atoms with E-state index >= 15 is 0 Å². The average Bonchev–Trinajstić information content (AvgIpc) is 3.08. The maximum Gasteiger partial charge on any atom is 0.103 e. The Morgan fingerprint density at radius 3 is 2.88 bits per heavy atom. The molecule has 0 heterocycles. The van der Waals surface area contributed by atoms with Gasteiger partial charge >= 0.3 is 0 Å². The van der Waals surface area contributed by atoms with Gasteiger partial charge in [0, 0.05) is 23.6 Å². The molecule has 2 N–H and O–H groups in total. The molecule has 0 bridgehead atoms. The zero-order chi connectivity index (χ0) is 11.4. The van der Waals surface area contributed by atoms with Crippen molar-refractivity contribution in [1.82, 2.24) is 5.32 Å². The van der Waals surface area contributed by atoms with E-state index in [2.05, 4.69) is 32.6 Å². The molecule has 0 unspecified atom stereocenters. The molecular formula is C12H14BrN3. The Bertz CT molecular complexity index is 407. The van der Waals surface area contributed by atoms with Crippen LogP contribution in [0.5, 0.6) is 0 Å². The van der Waals surface area contributed by atoms with Crippen LogP contribution in [0.3, 0.4) is 0 Å². The summed E-state index contributed by atoms with van der Waals surface area (Å²) in [6, 6.07) is 8.68. The molecule has 1 saturated carbocycles. The second-order valence-electron chi connectivity index (χ2n) is 3.93. The highest BCUT2D eigenvalue weighted by atomic mass is 79.9. The van der Waals surface area contributed by atoms with Crippen LogP contribution in [0.25, 0.3) is 0 Å². The summed E-state index contributed by atoms with van der Waals surface area (Å²) >= 11 is 3.37. The average molecular weight is 280 g/mol. The maximum atomic E-state index is 9.02. The lowest BCUT2D eigenvalue weighted by Gasteiger charge is -2.09. The van der Waals surface area contributed by atoms with Gasteiger partial charge < -0.3 is 10.6 Å². The molecule has 1 fully saturated rings. The summed E-state index contributed by atoms with van der Waals surface area (Å²) in [7, 11) is 0. The summed E-state index contributed by atoms with van der Waals surface area (Å²) in [6.07, 6.45) is 2.61. The van der Waals surface area contributed by atoms with Gasteiger partial charge in [0.15, 0.2) is 0 Å². The second-order valence-corrected chi connectivity index (χ2v) is 4.78. The number of halogens is 1. The molecule has 16 heavy (non-hydrogen) atoms. The van der Waals surface area contributed by atoms with E-state index in [9.17, 15) is 0 Å². The van der Waals surface area contributed by atoms with Gasteiger partial charge in [-0.05, 0) is 40.9 Å². The van der Waals surface area contributed by atoms with Crippen molar-refractivity contribution < 1.29 is 0 Å². The predicted molar refractivity (Wildman–Crippen MR) is 68.4 cm³/mol. The predicted octanol–water partition coefficient (Wildman–Crippen LogP) is 2.48. The van der Waals surface area contributed by atoms with Crippen LogP contribution in [0.1, 0.15) is 18.4 Å². The van der Waals surface area contributed by atoms with E-state index in [0.29, 0.717) is 5.56 Å². The molecule has 1 aliphatic carbocycles.